The van der Waals surface area contributed by atoms with Gasteiger partial charge in [-0.1, -0.05) is 6.07 Å². The Hall–Kier alpha value is -4.09. The van der Waals surface area contributed by atoms with E-state index >= 15 is 0 Å². The van der Waals surface area contributed by atoms with Gasteiger partial charge in [0.05, 0.1) is 17.6 Å². The highest BCUT2D eigenvalue weighted by Crippen LogP contribution is 2.22. The number of ether oxygens (including phenoxy) is 1. The van der Waals surface area contributed by atoms with Gasteiger partial charge in [0.25, 0.3) is 11.8 Å². The zero-order chi connectivity index (χ0) is 24.8. The number of fused-ring (bicyclic) bond motifs is 1. The Kier molecular flexibility index (Phi) is 7.48. The first-order valence-electron chi connectivity index (χ1n) is 11.1. The van der Waals surface area contributed by atoms with Crippen molar-refractivity contribution in [3.63, 3.8) is 0 Å². The maximum absolute atomic E-state index is 13.1. The Balaban J connectivity index is 1.72. The lowest BCUT2D eigenvalue weighted by molar-refractivity contribution is -0.125. The summed E-state index contributed by atoms with van der Waals surface area (Å²) in [4.78, 5) is 36.3. The predicted octanol–water partition coefficient (Wildman–Crippen LogP) is 1.54. The number of carbonyl (C=O) groups is 2. The van der Waals surface area contributed by atoms with E-state index in [1.165, 1.54) is 6.34 Å². The molecule has 1 saturated heterocycles. The summed E-state index contributed by atoms with van der Waals surface area (Å²) in [5, 5.41) is 16.6. The van der Waals surface area contributed by atoms with Gasteiger partial charge >= 0.3 is 0 Å². The first kappa shape index (κ1) is 24.0. The SMILES string of the molecule is C=N/N=C\N(C)c1cccc(C(=O)/N=c2\[nH]c3cc(N4CCOCC4=O)ccc3n2CCCO)c1. The van der Waals surface area contributed by atoms with E-state index in [9.17, 15) is 14.7 Å². The van der Waals surface area contributed by atoms with Crippen LogP contribution in [0.4, 0.5) is 11.4 Å². The fourth-order valence-corrected chi connectivity index (χ4v) is 3.86. The Labute approximate surface area is 201 Å². The molecule has 1 aliphatic heterocycles. The lowest BCUT2D eigenvalue weighted by atomic mass is 10.2. The van der Waals surface area contributed by atoms with Crippen molar-refractivity contribution in [2.45, 2.75) is 13.0 Å². The zero-order valence-corrected chi connectivity index (χ0v) is 19.4. The highest BCUT2D eigenvalue weighted by Gasteiger charge is 2.21. The van der Waals surface area contributed by atoms with Gasteiger partial charge in [-0.25, -0.2) is 0 Å². The number of rotatable bonds is 8. The number of aromatic amines is 1. The minimum Gasteiger partial charge on any atom is -0.396 e. The normalized spacial score (nSPS) is 14.7. The summed E-state index contributed by atoms with van der Waals surface area (Å²) in [6.07, 6.45) is 1.99. The van der Waals surface area contributed by atoms with Crippen LogP contribution in [-0.2, 0) is 16.1 Å². The first-order chi connectivity index (χ1) is 17.0. The largest absolute Gasteiger partial charge is 0.396 e. The molecule has 1 fully saturated rings. The Bertz CT molecular complexity index is 1340. The molecule has 2 heterocycles. The number of H-pyrrole nitrogens is 1. The van der Waals surface area contributed by atoms with E-state index in [2.05, 4.69) is 26.9 Å². The molecule has 0 radical (unpaired) electrons. The number of amides is 2. The molecule has 2 amide bonds. The summed E-state index contributed by atoms with van der Waals surface area (Å²) < 4.78 is 7.07. The van der Waals surface area contributed by atoms with Gasteiger partial charge in [0.15, 0.2) is 0 Å². The number of imidazole rings is 1. The molecule has 182 valence electrons. The van der Waals surface area contributed by atoms with E-state index in [1.807, 2.05) is 28.8 Å². The van der Waals surface area contributed by atoms with Crippen LogP contribution < -0.4 is 15.4 Å². The highest BCUT2D eigenvalue weighted by atomic mass is 16.5. The number of morpholine rings is 1. The second-order valence-corrected chi connectivity index (χ2v) is 7.93. The molecule has 0 spiro atoms. The third-order valence-electron chi connectivity index (χ3n) is 5.62. The number of benzene rings is 2. The number of aryl methyl sites for hydroxylation is 1. The van der Waals surface area contributed by atoms with E-state index in [1.54, 1.807) is 35.0 Å². The van der Waals surface area contributed by atoms with Crippen molar-refractivity contribution >= 4 is 47.3 Å². The van der Waals surface area contributed by atoms with Gasteiger partial charge < -0.3 is 29.2 Å². The Morgan fingerprint density at radius 3 is 2.94 bits per heavy atom. The molecule has 11 heteroatoms. The van der Waals surface area contributed by atoms with Crippen molar-refractivity contribution in [3.05, 3.63) is 53.6 Å². The quantitative estimate of drug-likeness (QED) is 0.289. The summed E-state index contributed by atoms with van der Waals surface area (Å²) in [5.74, 6) is -0.527. The number of hydrogen-bond donors (Lipinski definition) is 2. The van der Waals surface area contributed by atoms with Gasteiger partial charge in [0.2, 0.25) is 5.62 Å². The smallest absolute Gasteiger partial charge is 0.280 e. The number of aromatic nitrogens is 2. The monoisotopic (exact) mass is 477 g/mol. The summed E-state index contributed by atoms with van der Waals surface area (Å²) in [6.45, 7) is 4.79. The van der Waals surface area contributed by atoms with Gasteiger partial charge in [-0.3, -0.25) is 9.59 Å². The molecule has 35 heavy (non-hydrogen) atoms. The van der Waals surface area contributed by atoms with Crippen LogP contribution in [0.1, 0.15) is 16.8 Å². The van der Waals surface area contributed by atoms with Gasteiger partial charge in [0.1, 0.15) is 12.9 Å². The summed E-state index contributed by atoms with van der Waals surface area (Å²) in [7, 11) is 1.78. The number of carbonyl (C=O) groups excluding carboxylic acids is 2. The van der Waals surface area contributed by atoms with Crippen molar-refractivity contribution < 1.29 is 19.4 Å². The topological polar surface area (TPSA) is 128 Å². The van der Waals surface area contributed by atoms with Crippen LogP contribution in [0, 0.1) is 0 Å². The standard InChI is InChI=1S/C24H27N7O4/c1-25-26-16-29(2)18-6-3-5-17(13-18)23(34)28-24-27-20-14-19(30-10-12-35-15-22(30)33)7-8-21(20)31(24)9-4-11-32/h3,5-8,13-14,16,32H,1,4,9-12,15H2,2H3,(H,27,28,34)/b26-16-. The maximum atomic E-state index is 13.1. The fourth-order valence-electron chi connectivity index (χ4n) is 3.86. The van der Waals surface area contributed by atoms with Crippen molar-refractivity contribution in [3.8, 4) is 0 Å². The lowest BCUT2D eigenvalue weighted by Gasteiger charge is -2.26. The van der Waals surface area contributed by atoms with Crippen molar-refractivity contribution in [2.24, 2.45) is 15.2 Å². The van der Waals surface area contributed by atoms with Crippen molar-refractivity contribution in [1.82, 2.24) is 9.55 Å². The Morgan fingerprint density at radius 1 is 1.31 bits per heavy atom. The number of aliphatic hydroxyl groups excluding tert-OH is 1. The van der Waals surface area contributed by atoms with Gasteiger partial charge in [-0.05, 0) is 42.8 Å². The van der Waals surface area contributed by atoms with Crippen LogP contribution in [0.15, 0.2) is 57.7 Å². The third kappa shape index (κ3) is 5.36. The average molecular weight is 478 g/mol. The molecule has 11 nitrogen and oxygen atoms in total. The molecule has 1 aromatic heterocycles. The first-order valence-corrected chi connectivity index (χ1v) is 11.1. The van der Waals surface area contributed by atoms with E-state index < -0.39 is 5.91 Å². The molecule has 0 atom stereocenters. The van der Waals surface area contributed by atoms with E-state index in [-0.39, 0.29) is 19.1 Å². The average Bonchev–Trinajstić information content (AvgIpc) is 3.22. The lowest BCUT2D eigenvalue weighted by Crippen LogP contribution is -2.41. The number of hydrogen-bond acceptors (Lipinski definition) is 6. The second-order valence-electron chi connectivity index (χ2n) is 7.93. The molecule has 2 N–H and O–H groups in total. The molecule has 2 aromatic carbocycles. The maximum Gasteiger partial charge on any atom is 0.280 e. The molecule has 0 saturated carbocycles. The van der Waals surface area contributed by atoms with Crippen LogP contribution >= 0.6 is 0 Å². The molecule has 0 bridgehead atoms. The second kappa shape index (κ2) is 10.9. The number of nitrogens with zero attached hydrogens (tertiary/aromatic N) is 6. The molecule has 1 aliphatic rings. The number of anilines is 2. The molecule has 3 aromatic rings. The van der Waals surface area contributed by atoms with Gasteiger partial charge in [0, 0.05) is 50.4 Å². The number of nitrogens with one attached hydrogen (secondary N) is 1. The minimum atomic E-state index is -0.424. The summed E-state index contributed by atoms with van der Waals surface area (Å²) >= 11 is 0. The minimum absolute atomic E-state index is 0.00290. The van der Waals surface area contributed by atoms with Gasteiger partial charge in [-0.2, -0.15) is 10.1 Å². The fraction of sp³-hybridized carbons (Fsp3) is 0.292. The van der Waals surface area contributed by atoms with Crippen molar-refractivity contribution in [1.29, 1.82) is 0 Å². The van der Waals surface area contributed by atoms with E-state index in [4.69, 9.17) is 4.74 Å². The molecule has 4 rings (SSSR count). The Morgan fingerprint density at radius 2 is 2.17 bits per heavy atom. The van der Waals surface area contributed by atoms with Crippen LogP contribution in [0.5, 0.6) is 0 Å². The zero-order valence-electron chi connectivity index (χ0n) is 19.4. The molecule has 0 unspecified atom stereocenters. The van der Waals surface area contributed by atoms with Crippen LogP contribution in [0.25, 0.3) is 11.0 Å². The van der Waals surface area contributed by atoms with Crippen molar-refractivity contribution in [2.75, 3.05) is 43.2 Å². The van der Waals surface area contributed by atoms with Gasteiger partial charge in [-0.15, -0.1) is 5.10 Å². The van der Waals surface area contributed by atoms with E-state index in [0.717, 1.165) is 22.4 Å². The molecular formula is C24H27N7O4. The molecular weight excluding hydrogens is 450 g/mol. The molecule has 0 aliphatic carbocycles. The summed E-state index contributed by atoms with van der Waals surface area (Å²) in [6, 6.07) is 12.6. The predicted molar refractivity (Wildman–Crippen MR) is 134 cm³/mol. The van der Waals surface area contributed by atoms with Crippen LogP contribution in [-0.4, -0.2) is 72.9 Å². The third-order valence-corrected chi connectivity index (χ3v) is 5.62. The highest BCUT2D eigenvalue weighted by molar-refractivity contribution is 5.97. The van der Waals surface area contributed by atoms with Crippen LogP contribution in [0.2, 0.25) is 0 Å². The number of aliphatic hydroxyl groups is 1. The van der Waals surface area contributed by atoms with Crippen LogP contribution in [0.3, 0.4) is 0 Å². The van der Waals surface area contributed by atoms with E-state index in [0.29, 0.717) is 37.3 Å². The summed E-state index contributed by atoms with van der Waals surface area (Å²) in [5.41, 5.74) is 3.79.